The second-order valence-corrected chi connectivity index (χ2v) is 8.32. The Bertz CT molecular complexity index is 519. The first-order chi connectivity index (χ1) is 17.4. The molecule has 0 aromatic heterocycles. The molecular weight excluding hydrogens is 468 g/mol. The summed E-state index contributed by atoms with van der Waals surface area (Å²) in [6.07, 6.45) is 5.07. The van der Waals surface area contributed by atoms with Crippen LogP contribution in [0.4, 0.5) is 0 Å². The fourth-order valence-electron chi connectivity index (χ4n) is 3.63. The van der Waals surface area contributed by atoms with Gasteiger partial charge >= 0.3 is 23.9 Å². The Morgan fingerprint density at radius 2 is 0.667 bits per heavy atom. The lowest BCUT2D eigenvalue weighted by Crippen LogP contribution is -2.31. The van der Waals surface area contributed by atoms with Crippen LogP contribution in [0.5, 0.6) is 0 Å². The van der Waals surface area contributed by atoms with Gasteiger partial charge in [-0.25, -0.2) is 0 Å². The van der Waals surface area contributed by atoms with Gasteiger partial charge in [0.1, 0.15) is 0 Å². The molecule has 0 fully saturated rings. The van der Waals surface area contributed by atoms with Crippen molar-refractivity contribution in [1.29, 1.82) is 0 Å². The molecule has 0 rings (SSSR count). The van der Waals surface area contributed by atoms with Gasteiger partial charge in [0.2, 0.25) is 0 Å². The van der Waals surface area contributed by atoms with Crippen molar-refractivity contribution in [3.05, 3.63) is 0 Å². The largest absolute Gasteiger partial charge is 0.466 e. The van der Waals surface area contributed by atoms with Crippen LogP contribution in [0.15, 0.2) is 0 Å². The van der Waals surface area contributed by atoms with Crippen LogP contribution in [0, 0.1) is 0 Å². The van der Waals surface area contributed by atoms with Crippen LogP contribution in [0.2, 0.25) is 0 Å². The molecule has 0 spiro atoms. The zero-order valence-corrected chi connectivity index (χ0v) is 22.9. The Kier molecular flexibility index (Phi) is 21.8. The van der Waals surface area contributed by atoms with E-state index in [1.54, 1.807) is 27.7 Å². The monoisotopic (exact) mass is 516 g/mol. The average Bonchev–Trinajstić information content (AvgIpc) is 2.84. The van der Waals surface area contributed by atoms with E-state index in [1.807, 2.05) is 0 Å². The number of nitrogens with zero attached hydrogens (tertiary/aromatic N) is 2. The highest BCUT2D eigenvalue weighted by Gasteiger charge is 2.13. The van der Waals surface area contributed by atoms with Gasteiger partial charge in [-0.3, -0.25) is 19.2 Å². The first-order valence-corrected chi connectivity index (χ1v) is 13.4. The van der Waals surface area contributed by atoms with E-state index in [0.717, 1.165) is 38.8 Å². The SMILES string of the molecule is CCOC(=O)CCN(CCCCCCN(CCC(=O)OCC)CCC(=O)OCC)CCC(=O)OCC. The van der Waals surface area contributed by atoms with E-state index in [0.29, 0.717) is 78.3 Å². The quantitative estimate of drug-likeness (QED) is 0.114. The maximum Gasteiger partial charge on any atom is 0.307 e. The summed E-state index contributed by atoms with van der Waals surface area (Å²) in [6.45, 7) is 12.3. The van der Waals surface area contributed by atoms with Crippen molar-refractivity contribution >= 4 is 23.9 Å². The van der Waals surface area contributed by atoms with Crippen LogP contribution in [0.1, 0.15) is 79.1 Å². The van der Waals surface area contributed by atoms with Gasteiger partial charge in [0, 0.05) is 26.2 Å². The number of rotatable bonds is 23. The summed E-state index contributed by atoms with van der Waals surface area (Å²) in [5.41, 5.74) is 0. The van der Waals surface area contributed by atoms with Crippen LogP contribution in [-0.2, 0) is 38.1 Å². The fraction of sp³-hybridized carbons (Fsp3) is 0.846. The molecule has 0 bridgehead atoms. The first-order valence-electron chi connectivity index (χ1n) is 13.4. The number of hydrogen-bond donors (Lipinski definition) is 0. The van der Waals surface area contributed by atoms with Gasteiger partial charge in [-0.2, -0.15) is 0 Å². The Hall–Kier alpha value is -2.20. The van der Waals surface area contributed by atoms with E-state index in [-0.39, 0.29) is 23.9 Å². The van der Waals surface area contributed by atoms with Gasteiger partial charge in [0.05, 0.1) is 52.1 Å². The molecule has 0 heterocycles. The Morgan fingerprint density at radius 3 is 0.889 bits per heavy atom. The number of hydrogen-bond acceptors (Lipinski definition) is 10. The van der Waals surface area contributed by atoms with Gasteiger partial charge in [-0.1, -0.05) is 12.8 Å². The number of esters is 4. The Labute approximate surface area is 216 Å². The highest BCUT2D eigenvalue weighted by atomic mass is 16.5. The molecular formula is C26H48N2O8. The molecule has 0 N–H and O–H groups in total. The molecule has 0 aliphatic carbocycles. The third-order valence-corrected chi connectivity index (χ3v) is 5.45. The number of ether oxygens (including phenoxy) is 4. The van der Waals surface area contributed by atoms with Crippen molar-refractivity contribution in [2.45, 2.75) is 79.1 Å². The molecule has 36 heavy (non-hydrogen) atoms. The van der Waals surface area contributed by atoms with Gasteiger partial charge in [-0.05, 0) is 53.6 Å². The molecule has 0 atom stereocenters. The van der Waals surface area contributed by atoms with Crippen molar-refractivity contribution in [1.82, 2.24) is 9.80 Å². The van der Waals surface area contributed by atoms with Crippen molar-refractivity contribution in [2.24, 2.45) is 0 Å². The molecule has 210 valence electrons. The maximum atomic E-state index is 11.7. The normalized spacial score (nSPS) is 10.9. The number of carbonyl (C=O) groups is 4. The molecule has 0 aromatic rings. The minimum Gasteiger partial charge on any atom is -0.466 e. The summed E-state index contributed by atoms with van der Waals surface area (Å²) in [5.74, 6) is -0.928. The predicted octanol–water partition coefficient (Wildman–Crippen LogP) is 2.96. The predicted molar refractivity (Wildman–Crippen MR) is 136 cm³/mol. The fourth-order valence-corrected chi connectivity index (χ4v) is 3.63. The molecule has 0 amide bonds. The van der Waals surface area contributed by atoms with E-state index in [9.17, 15) is 19.2 Å². The van der Waals surface area contributed by atoms with E-state index >= 15 is 0 Å². The summed E-state index contributed by atoms with van der Waals surface area (Å²) in [4.78, 5) is 51.1. The first kappa shape index (κ1) is 33.8. The highest BCUT2D eigenvalue weighted by molar-refractivity contribution is 5.70. The highest BCUT2D eigenvalue weighted by Crippen LogP contribution is 2.07. The van der Waals surface area contributed by atoms with Crippen LogP contribution in [0.25, 0.3) is 0 Å². The molecule has 0 radical (unpaired) electrons. The Balaban J connectivity index is 4.46. The van der Waals surface area contributed by atoms with Gasteiger partial charge in [-0.15, -0.1) is 0 Å². The zero-order valence-electron chi connectivity index (χ0n) is 22.9. The van der Waals surface area contributed by atoms with Crippen molar-refractivity contribution in [2.75, 3.05) is 65.7 Å². The van der Waals surface area contributed by atoms with Crippen LogP contribution in [-0.4, -0.2) is 99.4 Å². The summed E-state index contributed by atoms with van der Waals surface area (Å²) in [7, 11) is 0. The van der Waals surface area contributed by atoms with Crippen LogP contribution >= 0.6 is 0 Å². The number of carbonyl (C=O) groups excluding carboxylic acids is 4. The topological polar surface area (TPSA) is 112 Å². The minimum absolute atomic E-state index is 0.232. The summed E-state index contributed by atoms with van der Waals surface area (Å²) in [5, 5.41) is 0. The zero-order chi connectivity index (χ0) is 27.0. The molecule has 10 nitrogen and oxygen atoms in total. The van der Waals surface area contributed by atoms with Crippen LogP contribution < -0.4 is 0 Å². The smallest absolute Gasteiger partial charge is 0.307 e. The van der Waals surface area contributed by atoms with E-state index in [1.165, 1.54) is 0 Å². The molecule has 0 aliphatic rings. The van der Waals surface area contributed by atoms with Gasteiger partial charge in [0.25, 0.3) is 0 Å². The van der Waals surface area contributed by atoms with E-state index in [4.69, 9.17) is 18.9 Å². The molecule has 0 saturated heterocycles. The lowest BCUT2D eigenvalue weighted by Gasteiger charge is -2.22. The van der Waals surface area contributed by atoms with Crippen molar-refractivity contribution in [3.8, 4) is 0 Å². The molecule has 0 saturated carbocycles. The van der Waals surface area contributed by atoms with E-state index < -0.39 is 0 Å². The average molecular weight is 517 g/mol. The van der Waals surface area contributed by atoms with E-state index in [2.05, 4.69) is 9.80 Å². The lowest BCUT2D eigenvalue weighted by molar-refractivity contribution is -0.145. The molecule has 0 unspecified atom stereocenters. The molecule has 0 aliphatic heterocycles. The summed E-state index contributed by atoms with van der Waals surface area (Å²) >= 11 is 0. The van der Waals surface area contributed by atoms with Gasteiger partial charge in [0.15, 0.2) is 0 Å². The summed E-state index contributed by atoms with van der Waals surface area (Å²) < 4.78 is 20.1. The van der Waals surface area contributed by atoms with Crippen molar-refractivity contribution in [3.63, 3.8) is 0 Å². The second kappa shape index (κ2) is 23.2. The Morgan fingerprint density at radius 1 is 0.417 bits per heavy atom. The maximum absolute atomic E-state index is 11.7. The van der Waals surface area contributed by atoms with Crippen molar-refractivity contribution < 1.29 is 38.1 Å². The number of unbranched alkanes of at least 4 members (excludes halogenated alkanes) is 3. The van der Waals surface area contributed by atoms with Gasteiger partial charge < -0.3 is 28.7 Å². The molecule has 0 aromatic carbocycles. The minimum atomic E-state index is -0.232. The lowest BCUT2D eigenvalue weighted by atomic mass is 10.1. The standard InChI is InChI=1S/C26H48N2O8/c1-5-33-23(29)13-19-27(20-14-24(30)34-6-2)17-11-9-10-12-18-28(21-15-25(31)35-7-3)22-16-26(32)36-8-4/h5-22H2,1-4H3. The third-order valence-electron chi connectivity index (χ3n) is 5.45. The second-order valence-electron chi connectivity index (χ2n) is 8.32. The van der Waals surface area contributed by atoms with Crippen LogP contribution in [0.3, 0.4) is 0 Å². The third kappa shape index (κ3) is 20.0. The summed E-state index contributed by atoms with van der Waals surface area (Å²) in [6, 6.07) is 0. The molecule has 10 heteroatoms.